The summed E-state index contributed by atoms with van der Waals surface area (Å²) in [6.45, 7) is 0.941. The van der Waals surface area contributed by atoms with Crippen LogP contribution >= 0.6 is 15.9 Å². The van der Waals surface area contributed by atoms with E-state index in [-0.39, 0.29) is 6.61 Å². The molecule has 4 aromatic rings. The first-order valence-electron chi connectivity index (χ1n) is 10.3. The number of H-pyrrole nitrogens is 1. The van der Waals surface area contributed by atoms with Crippen LogP contribution in [0.3, 0.4) is 0 Å². The fourth-order valence-corrected chi connectivity index (χ4v) is 3.98. The van der Waals surface area contributed by atoms with Crippen molar-refractivity contribution in [2.24, 2.45) is 0 Å². The van der Waals surface area contributed by atoms with Crippen molar-refractivity contribution < 1.29 is 5.11 Å². The fourth-order valence-electron chi connectivity index (χ4n) is 3.60. The van der Waals surface area contributed by atoms with Gasteiger partial charge in [-0.25, -0.2) is 15.0 Å². The second kappa shape index (κ2) is 8.20. The van der Waals surface area contributed by atoms with Crippen LogP contribution in [0, 0.1) is 0 Å². The minimum absolute atomic E-state index is 0.201. The predicted octanol–water partition coefficient (Wildman–Crippen LogP) is 4.61. The summed E-state index contributed by atoms with van der Waals surface area (Å²) in [7, 11) is 0. The number of benzene rings is 1. The molecule has 30 heavy (non-hydrogen) atoms. The molecule has 3 heterocycles. The highest BCUT2D eigenvalue weighted by Gasteiger charge is 2.26. The molecular formula is C22H23BrN6O. The van der Waals surface area contributed by atoms with Crippen LogP contribution in [0.2, 0.25) is 0 Å². The van der Waals surface area contributed by atoms with Gasteiger partial charge in [0.1, 0.15) is 10.4 Å². The van der Waals surface area contributed by atoms with E-state index in [9.17, 15) is 0 Å². The second-order valence-corrected chi connectivity index (χ2v) is 8.45. The highest BCUT2D eigenvalue weighted by molar-refractivity contribution is 9.10. The standard InChI is InChI=1S/C22H23BrN6O/c23-19-13-29-18(12-26-22(29)21(28-19)24-9-1-2-10-30)15-5-3-14(4-6-15)17-11-25-20(27-17)16-7-8-16/h3-6,11-13,16,30H,1-2,7-10H2,(H,24,28)(H,25,27). The van der Waals surface area contributed by atoms with Crippen LogP contribution in [0.4, 0.5) is 5.82 Å². The lowest BCUT2D eigenvalue weighted by Gasteiger charge is -2.09. The normalized spacial score (nSPS) is 13.8. The minimum Gasteiger partial charge on any atom is -0.396 e. The van der Waals surface area contributed by atoms with Crippen molar-refractivity contribution in [2.75, 3.05) is 18.5 Å². The molecule has 1 saturated carbocycles. The zero-order valence-electron chi connectivity index (χ0n) is 16.5. The van der Waals surface area contributed by atoms with E-state index in [0.29, 0.717) is 5.92 Å². The third kappa shape index (κ3) is 3.85. The van der Waals surface area contributed by atoms with Gasteiger partial charge in [0.15, 0.2) is 11.5 Å². The Bertz CT molecular complexity index is 1160. The molecule has 154 valence electrons. The van der Waals surface area contributed by atoms with Crippen molar-refractivity contribution in [2.45, 2.75) is 31.6 Å². The molecule has 0 bridgehead atoms. The maximum Gasteiger partial charge on any atom is 0.180 e. The van der Waals surface area contributed by atoms with Gasteiger partial charge in [0.05, 0.1) is 23.8 Å². The van der Waals surface area contributed by atoms with Crippen molar-refractivity contribution >= 4 is 27.4 Å². The summed E-state index contributed by atoms with van der Waals surface area (Å²) in [6.07, 6.45) is 9.85. The summed E-state index contributed by atoms with van der Waals surface area (Å²) in [4.78, 5) is 17.1. The molecule has 0 unspecified atom stereocenters. The zero-order chi connectivity index (χ0) is 20.5. The van der Waals surface area contributed by atoms with Gasteiger partial charge in [-0.2, -0.15) is 0 Å². The molecule has 3 aromatic heterocycles. The number of unbranched alkanes of at least 4 members (excludes halogenated alkanes) is 1. The largest absolute Gasteiger partial charge is 0.396 e. The minimum atomic E-state index is 0.201. The molecule has 1 fully saturated rings. The van der Waals surface area contributed by atoms with Crippen molar-refractivity contribution in [3.63, 3.8) is 0 Å². The smallest absolute Gasteiger partial charge is 0.180 e. The molecule has 0 atom stereocenters. The number of hydrogen-bond donors (Lipinski definition) is 3. The molecule has 1 aliphatic rings. The van der Waals surface area contributed by atoms with Crippen molar-refractivity contribution in [3.05, 3.63) is 53.3 Å². The van der Waals surface area contributed by atoms with Gasteiger partial charge in [-0.05, 0) is 47.2 Å². The average Bonchev–Trinajstić information content (AvgIpc) is 3.33. The summed E-state index contributed by atoms with van der Waals surface area (Å²) < 4.78 is 2.78. The van der Waals surface area contributed by atoms with Gasteiger partial charge in [-0.3, -0.25) is 4.40 Å². The van der Waals surface area contributed by atoms with Crippen LogP contribution in [-0.2, 0) is 0 Å². The van der Waals surface area contributed by atoms with Crippen molar-refractivity contribution in [1.82, 2.24) is 24.3 Å². The second-order valence-electron chi connectivity index (χ2n) is 7.64. The molecule has 0 amide bonds. The molecule has 3 N–H and O–H groups in total. The van der Waals surface area contributed by atoms with Crippen molar-refractivity contribution in [3.8, 4) is 22.5 Å². The van der Waals surface area contributed by atoms with Crippen LogP contribution in [-0.4, -0.2) is 42.6 Å². The summed E-state index contributed by atoms with van der Waals surface area (Å²) in [5.41, 5.74) is 5.05. The molecule has 1 aromatic carbocycles. The average molecular weight is 467 g/mol. The highest BCUT2D eigenvalue weighted by Crippen LogP contribution is 2.39. The third-order valence-electron chi connectivity index (χ3n) is 5.39. The fraction of sp³-hybridized carbons (Fsp3) is 0.318. The van der Waals surface area contributed by atoms with E-state index in [0.717, 1.165) is 63.8 Å². The predicted molar refractivity (Wildman–Crippen MR) is 120 cm³/mol. The van der Waals surface area contributed by atoms with Gasteiger partial charge >= 0.3 is 0 Å². The lowest BCUT2D eigenvalue weighted by atomic mass is 10.1. The Labute approximate surface area is 182 Å². The van der Waals surface area contributed by atoms with Crippen LogP contribution in [0.5, 0.6) is 0 Å². The van der Waals surface area contributed by atoms with E-state index >= 15 is 0 Å². The zero-order valence-corrected chi connectivity index (χ0v) is 18.1. The van der Waals surface area contributed by atoms with E-state index in [4.69, 9.17) is 5.11 Å². The summed E-state index contributed by atoms with van der Waals surface area (Å²) >= 11 is 3.51. The SMILES string of the molecule is OCCCCNc1nc(Br)cn2c(-c3ccc(-c4cnc(C5CC5)[nH]4)cc3)cnc12. The number of imidazole rings is 2. The van der Waals surface area contributed by atoms with Gasteiger partial charge in [0, 0.05) is 30.8 Å². The van der Waals surface area contributed by atoms with Crippen LogP contribution in [0.1, 0.15) is 37.4 Å². The van der Waals surface area contributed by atoms with Crippen LogP contribution in [0.25, 0.3) is 28.2 Å². The van der Waals surface area contributed by atoms with Gasteiger partial charge in [-0.15, -0.1) is 0 Å². The number of anilines is 1. The number of aromatic amines is 1. The lowest BCUT2D eigenvalue weighted by molar-refractivity contribution is 0.286. The maximum absolute atomic E-state index is 8.96. The van der Waals surface area contributed by atoms with E-state index < -0.39 is 0 Å². The first kappa shape index (κ1) is 19.3. The molecule has 8 heteroatoms. The Morgan fingerprint density at radius 3 is 2.67 bits per heavy atom. The molecule has 0 saturated heterocycles. The number of nitrogens with zero attached hydrogens (tertiary/aromatic N) is 4. The van der Waals surface area contributed by atoms with Gasteiger partial charge in [0.25, 0.3) is 0 Å². The first-order valence-corrected chi connectivity index (χ1v) is 11.1. The molecule has 0 spiro atoms. The molecule has 5 rings (SSSR count). The van der Waals surface area contributed by atoms with Gasteiger partial charge in [0.2, 0.25) is 0 Å². The Balaban J connectivity index is 1.41. The quantitative estimate of drug-likeness (QED) is 0.329. The number of rotatable bonds is 8. The molecule has 1 aliphatic carbocycles. The Hall–Kier alpha value is -2.71. The number of aliphatic hydroxyl groups excluding tert-OH is 1. The Morgan fingerprint density at radius 2 is 1.90 bits per heavy atom. The topological polar surface area (TPSA) is 91.1 Å². The third-order valence-corrected chi connectivity index (χ3v) is 5.77. The van der Waals surface area contributed by atoms with Gasteiger partial charge < -0.3 is 15.4 Å². The Morgan fingerprint density at radius 1 is 1.10 bits per heavy atom. The Kier molecular flexibility index (Phi) is 5.26. The first-order chi connectivity index (χ1) is 14.7. The lowest BCUT2D eigenvalue weighted by Crippen LogP contribution is -2.06. The molecule has 0 aliphatic heterocycles. The van der Waals surface area contributed by atoms with E-state index in [2.05, 4.69) is 65.4 Å². The monoisotopic (exact) mass is 466 g/mol. The summed E-state index contributed by atoms with van der Waals surface area (Å²) in [6, 6.07) is 8.45. The summed E-state index contributed by atoms with van der Waals surface area (Å²) in [5.74, 6) is 2.46. The van der Waals surface area contributed by atoms with E-state index in [1.165, 1.54) is 12.8 Å². The number of aliphatic hydroxyl groups is 1. The molecular weight excluding hydrogens is 444 g/mol. The van der Waals surface area contributed by atoms with Gasteiger partial charge in [-0.1, -0.05) is 24.3 Å². The van der Waals surface area contributed by atoms with Crippen LogP contribution in [0.15, 0.2) is 47.5 Å². The van der Waals surface area contributed by atoms with Crippen LogP contribution < -0.4 is 5.32 Å². The summed E-state index contributed by atoms with van der Waals surface area (Å²) in [5, 5.41) is 12.3. The number of fused-ring (bicyclic) bond motifs is 1. The number of aromatic nitrogens is 5. The molecule has 0 radical (unpaired) electrons. The number of hydrogen-bond acceptors (Lipinski definition) is 5. The molecule has 7 nitrogen and oxygen atoms in total. The van der Waals surface area contributed by atoms with Crippen molar-refractivity contribution in [1.29, 1.82) is 0 Å². The number of halogens is 1. The van der Waals surface area contributed by atoms with E-state index in [1.54, 1.807) is 0 Å². The number of nitrogens with one attached hydrogen (secondary N) is 2. The highest BCUT2D eigenvalue weighted by atomic mass is 79.9. The maximum atomic E-state index is 8.96. The van der Waals surface area contributed by atoms with E-state index in [1.807, 2.05) is 23.0 Å².